The van der Waals surface area contributed by atoms with Crippen molar-refractivity contribution in [2.45, 2.75) is 13.8 Å². The highest BCUT2D eigenvalue weighted by Gasteiger charge is 2.17. The van der Waals surface area contributed by atoms with E-state index in [1.165, 1.54) is 4.57 Å². The number of pyridine rings is 1. The Morgan fingerprint density at radius 2 is 1.86 bits per heavy atom. The SMILES string of the molecule is Cc1nc2ccccc2c2c(=O)n(C)c3nnc(C)n3c12. The molecule has 104 valence electrons. The van der Waals surface area contributed by atoms with Crippen molar-refractivity contribution < 1.29 is 0 Å². The summed E-state index contributed by atoms with van der Waals surface area (Å²) in [5.41, 5.74) is 2.33. The van der Waals surface area contributed by atoms with Crippen LogP contribution in [0.5, 0.6) is 0 Å². The van der Waals surface area contributed by atoms with Crippen LogP contribution < -0.4 is 5.56 Å². The molecule has 0 radical (unpaired) electrons. The van der Waals surface area contributed by atoms with Gasteiger partial charge in [0.2, 0.25) is 5.78 Å². The quantitative estimate of drug-likeness (QED) is 0.460. The summed E-state index contributed by atoms with van der Waals surface area (Å²) in [7, 11) is 1.72. The second-order valence-electron chi connectivity index (χ2n) is 5.18. The fraction of sp³-hybridized carbons (Fsp3) is 0.200. The molecule has 6 heteroatoms. The predicted octanol–water partition coefficient (Wildman–Crippen LogP) is 1.75. The lowest BCUT2D eigenvalue weighted by molar-refractivity contribution is 0.857. The van der Waals surface area contributed by atoms with E-state index in [0.717, 1.165) is 27.9 Å². The fourth-order valence-electron chi connectivity index (χ4n) is 2.90. The lowest BCUT2D eigenvalue weighted by Gasteiger charge is -2.11. The minimum Gasteiger partial charge on any atom is -0.279 e. The van der Waals surface area contributed by atoms with Gasteiger partial charge in [0.05, 0.1) is 22.1 Å². The number of para-hydroxylation sites is 1. The maximum atomic E-state index is 12.8. The molecule has 3 aromatic heterocycles. The van der Waals surface area contributed by atoms with Gasteiger partial charge in [-0.1, -0.05) is 18.2 Å². The summed E-state index contributed by atoms with van der Waals surface area (Å²) in [5, 5.41) is 9.71. The van der Waals surface area contributed by atoms with Gasteiger partial charge < -0.3 is 0 Å². The maximum absolute atomic E-state index is 12.8. The Morgan fingerprint density at radius 3 is 2.67 bits per heavy atom. The number of nitrogens with zero attached hydrogens (tertiary/aromatic N) is 5. The van der Waals surface area contributed by atoms with Gasteiger partial charge in [0.15, 0.2) is 0 Å². The van der Waals surface area contributed by atoms with Crippen LogP contribution in [0.3, 0.4) is 0 Å². The van der Waals surface area contributed by atoms with Crippen molar-refractivity contribution in [1.29, 1.82) is 0 Å². The van der Waals surface area contributed by atoms with Crippen molar-refractivity contribution in [3.05, 3.63) is 46.1 Å². The number of fused-ring (bicyclic) bond motifs is 5. The lowest BCUT2D eigenvalue weighted by atomic mass is 10.1. The van der Waals surface area contributed by atoms with Gasteiger partial charge in [-0.2, -0.15) is 0 Å². The third kappa shape index (κ3) is 1.41. The summed E-state index contributed by atoms with van der Waals surface area (Å²) >= 11 is 0. The largest absolute Gasteiger partial charge is 0.279 e. The summed E-state index contributed by atoms with van der Waals surface area (Å²) in [4.78, 5) is 17.4. The van der Waals surface area contributed by atoms with E-state index in [-0.39, 0.29) is 5.56 Å². The van der Waals surface area contributed by atoms with E-state index < -0.39 is 0 Å². The Morgan fingerprint density at radius 1 is 1.10 bits per heavy atom. The zero-order valence-electron chi connectivity index (χ0n) is 12.0. The summed E-state index contributed by atoms with van der Waals surface area (Å²) in [6.45, 7) is 3.78. The predicted molar refractivity (Wildman–Crippen MR) is 80.5 cm³/mol. The van der Waals surface area contributed by atoms with E-state index in [0.29, 0.717) is 11.2 Å². The van der Waals surface area contributed by atoms with Gasteiger partial charge in [-0.25, -0.2) is 0 Å². The molecule has 3 heterocycles. The number of hydrogen-bond donors (Lipinski definition) is 0. The minimum absolute atomic E-state index is 0.0772. The van der Waals surface area contributed by atoms with Gasteiger partial charge in [-0.05, 0) is 19.9 Å². The van der Waals surface area contributed by atoms with E-state index in [9.17, 15) is 4.79 Å². The molecule has 21 heavy (non-hydrogen) atoms. The molecule has 0 amide bonds. The van der Waals surface area contributed by atoms with E-state index in [4.69, 9.17) is 0 Å². The lowest BCUT2D eigenvalue weighted by Crippen LogP contribution is -2.21. The molecule has 0 saturated carbocycles. The zero-order valence-corrected chi connectivity index (χ0v) is 12.0. The van der Waals surface area contributed by atoms with Crippen LogP contribution in [0, 0.1) is 13.8 Å². The first-order chi connectivity index (χ1) is 10.1. The second-order valence-corrected chi connectivity index (χ2v) is 5.18. The molecule has 0 N–H and O–H groups in total. The van der Waals surface area contributed by atoms with E-state index in [1.54, 1.807) is 7.05 Å². The van der Waals surface area contributed by atoms with Crippen molar-refractivity contribution in [3.8, 4) is 0 Å². The molecule has 0 atom stereocenters. The molecule has 0 aliphatic rings. The molecule has 0 aliphatic carbocycles. The molecule has 0 bridgehead atoms. The first kappa shape index (κ1) is 12.0. The van der Waals surface area contributed by atoms with Crippen LogP contribution in [-0.4, -0.2) is 24.1 Å². The number of benzene rings is 1. The Labute approximate surface area is 119 Å². The van der Waals surface area contributed by atoms with Crippen LogP contribution in [0.4, 0.5) is 0 Å². The first-order valence-electron chi connectivity index (χ1n) is 6.69. The monoisotopic (exact) mass is 279 g/mol. The van der Waals surface area contributed by atoms with Crippen LogP contribution >= 0.6 is 0 Å². The van der Waals surface area contributed by atoms with Crippen LogP contribution in [0.15, 0.2) is 29.1 Å². The average Bonchev–Trinajstić information content (AvgIpc) is 2.86. The summed E-state index contributed by atoms with van der Waals surface area (Å²) < 4.78 is 3.43. The van der Waals surface area contributed by atoms with Crippen molar-refractivity contribution in [2.24, 2.45) is 7.05 Å². The molecule has 0 spiro atoms. The zero-order chi connectivity index (χ0) is 14.7. The minimum atomic E-state index is -0.0772. The van der Waals surface area contributed by atoms with Crippen molar-refractivity contribution in [2.75, 3.05) is 0 Å². The molecule has 6 nitrogen and oxygen atoms in total. The second kappa shape index (κ2) is 3.88. The van der Waals surface area contributed by atoms with Crippen molar-refractivity contribution in [3.63, 3.8) is 0 Å². The Balaban J connectivity index is 2.50. The summed E-state index contributed by atoms with van der Waals surface area (Å²) in [6, 6.07) is 7.69. The standard InChI is InChI=1S/C15H13N5O/c1-8-13-12(10-6-4-5-7-11(10)16-8)14(21)19(3)15-18-17-9(2)20(13)15/h4-7H,1-3H3. The highest BCUT2D eigenvalue weighted by atomic mass is 16.1. The molecule has 0 aliphatic heterocycles. The van der Waals surface area contributed by atoms with Gasteiger partial charge in [0.1, 0.15) is 5.82 Å². The molecular formula is C15H13N5O. The smallest absolute Gasteiger partial charge is 0.263 e. The molecular weight excluding hydrogens is 266 g/mol. The van der Waals surface area contributed by atoms with Crippen LogP contribution in [0.1, 0.15) is 11.5 Å². The van der Waals surface area contributed by atoms with Crippen molar-refractivity contribution >= 4 is 27.6 Å². The Kier molecular flexibility index (Phi) is 2.22. The van der Waals surface area contributed by atoms with Crippen molar-refractivity contribution in [1.82, 2.24) is 24.1 Å². The van der Waals surface area contributed by atoms with Crippen LogP contribution in [0.2, 0.25) is 0 Å². The maximum Gasteiger partial charge on any atom is 0.263 e. The number of rotatable bonds is 0. The number of hydrogen-bond acceptors (Lipinski definition) is 4. The fourth-order valence-corrected chi connectivity index (χ4v) is 2.90. The van der Waals surface area contributed by atoms with Gasteiger partial charge in [-0.3, -0.25) is 18.7 Å². The average molecular weight is 279 g/mol. The first-order valence-corrected chi connectivity index (χ1v) is 6.69. The van der Waals surface area contributed by atoms with Gasteiger partial charge in [0, 0.05) is 12.4 Å². The third-order valence-electron chi connectivity index (χ3n) is 3.89. The van der Waals surface area contributed by atoms with Crippen LogP contribution in [-0.2, 0) is 7.05 Å². The van der Waals surface area contributed by atoms with E-state index >= 15 is 0 Å². The molecule has 0 unspecified atom stereocenters. The van der Waals surface area contributed by atoms with E-state index in [2.05, 4.69) is 15.2 Å². The summed E-state index contributed by atoms with van der Waals surface area (Å²) in [5.74, 6) is 1.27. The normalized spacial score (nSPS) is 11.8. The highest BCUT2D eigenvalue weighted by molar-refractivity contribution is 6.05. The van der Waals surface area contributed by atoms with Gasteiger partial charge in [-0.15, -0.1) is 10.2 Å². The van der Waals surface area contributed by atoms with E-state index in [1.807, 2.05) is 42.5 Å². The number of aromatic nitrogens is 5. The van der Waals surface area contributed by atoms with Gasteiger partial charge in [0.25, 0.3) is 5.56 Å². The third-order valence-corrected chi connectivity index (χ3v) is 3.89. The topological polar surface area (TPSA) is 65.1 Å². The Hall–Kier alpha value is -2.76. The molecule has 0 fully saturated rings. The molecule has 4 aromatic rings. The summed E-state index contributed by atoms with van der Waals surface area (Å²) in [6.07, 6.45) is 0. The molecule has 4 rings (SSSR count). The Bertz CT molecular complexity index is 1090. The molecule has 0 saturated heterocycles. The van der Waals surface area contributed by atoms with Crippen LogP contribution in [0.25, 0.3) is 27.6 Å². The number of aryl methyl sites for hydroxylation is 3. The highest BCUT2D eigenvalue weighted by Crippen LogP contribution is 2.24. The van der Waals surface area contributed by atoms with Gasteiger partial charge >= 0.3 is 0 Å². The molecule has 1 aromatic carbocycles.